The molecule has 0 aromatic heterocycles. The Morgan fingerprint density at radius 2 is 1.02 bits per heavy atom. The SMILES string of the molecule is CC(C)OC(=O)C(C)(C)Oc1ccc(C(=O)c2ccc(Cl)cc2)cc1.Cc1c2oc3c(C)ccc(C(=O)NC4C(=O)NC(C(C)C)C(=O)C5CCCC5C(=O)N(C)CC(=O)N(C)C(C(C)C)C(=O)OC4C)c3nc-2c(C(=O)NC2C(=O)NC(C(C)C)C(=O)C3CCCC3C(=O)N(C)CC(=O)N(C)C(C(C)C)C(=O)OC2C)c(N)c1=O. The van der Waals surface area contributed by atoms with Gasteiger partial charge in [0, 0.05) is 73.6 Å². The van der Waals surface area contributed by atoms with E-state index in [9.17, 15) is 62.3 Å². The number of aromatic nitrogens is 1. The number of hydrogen-bond acceptors (Lipinski definition) is 22. The van der Waals surface area contributed by atoms with Gasteiger partial charge in [-0.15, -0.1) is 0 Å². The fraction of sp³-hybridized carbons (Fsp3) is 0.548. The molecule has 3 heterocycles. The van der Waals surface area contributed by atoms with Gasteiger partial charge in [0.1, 0.15) is 53.3 Å². The van der Waals surface area contributed by atoms with Gasteiger partial charge in [-0.1, -0.05) is 85.9 Å². The van der Waals surface area contributed by atoms with Gasteiger partial charge in [0.15, 0.2) is 34.3 Å². The van der Waals surface area contributed by atoms with Crippen LogP contribution in [0.2, 0.25) is 5.02 Å². The van der Waals surface area contributed by atoms with E-state index < -0.39 is 208 Å². The van der Waals surface area contributed by atoms with E-state index in [1.165, 1.54) is 70.9 Å². The smallest absolute Gasteiger partial charge is 0.350 e. The number of ether oxygens (including phenoxy) is 4. The van der Waals surface area contributed by atoms with Gasteiger partial charge in [0.05, 0.1) is 48.1 Å². The van der Waals surface area contributed by atoms with Crippen LogP contribution in [-0.2, 0) is 67.0 Å². The van der Waals surface area contributed by atoms with E-state index in [1.807, 2.05) is 0 Å². The number of nitrogen functional groups attached to an aromatic ring is 1. The fourth-order valence-corrected chi connectivity index (χ4v) is 15.4. The Kier molecular flexibility index (Phi) is 29.2. The first-order valence-electron chi connectivity index (χ1n) is 39.0. The Hall–Kier alpha value is -10.6. The second-order valence-electron chi connectivity index (χ2n) is 32.7. The first kappa shape index (κ1) is 89.9. The first-order chi connectivity index (χ1) is 53.8. The maximum absolute atomic E-state index is 15.2. The molecule has 31 heteroatoms. The summed E-state index contributed by atoms with van der Waals surface area (Å²) in [5.41, 5.74) is 3.63. The van der Waals surface area contributed by atoms with Crippen molar-refractivity contribution in [1.29, 1.82) is 0 Å². The Balaban J connectivity index is 0.000000560. The summed E-state index contributed by atoms with van der Waals surface area (Å²) in [6.45, 7) is 25.1. The van der Waals surface area contributed by atoms with E-state index in [4.69, 9.17) is 45.7 Å². The van der Waals surface area contributed by atoms with Crippen LogP contribution in [0.5, 0.6) is 5.75 Å². The number of carbonyl (C=O) groups is 14. The van der Waals surface area contributed by atoms with Gasteiger partial charge in [-0.3, -0.25) is 57.5 Å². The maximum atomic E-state index is 15.2. The van der Waals surface area contributed by atoms with Crippen molar-refractivity contribution < 1.29 is 90.5 Å². The Morgan fingerprint density at radius 1 is 0.591 bits per heavy atom. The second kappa shape index (κ2) is 37.3. The molecule has 8 amide bonds. The molecule has 3 aromatic rings. The number of nitrogens with zero attached hydrogens (tertiary/aromatic N) is 5. The van der Waals surface area contributed by atoms with Crippen molar-refractivity contribution in [2.24, 2.45) is 47.3 Å². The molecule has 622 valence electrons. The molecule has 12 atom stereocenters. The van der Waals surface area contributed by atoms with Crippen molar-refractivity contribution in [3.05, 3.63) is 109 Å². The molecule has 6 N–H and O–H groups in total. The molecule has 9 rings (SSSR count). The van der Waals surface area contributed by atoms with Crippen LogP contribution >= 0.6 is 11.6 Å². The third-order valence-electron chi connectivity index (χ3n) is 21.8. The predicted octanol–water partition coefficient (Wildman–Crippen LogP) is 7.39. The van der Waals surface area contributed by atoms with Crippen LogP contribution in [0.4, 0.5) is 5.69 Å². The van der Waals surface area contributed by atoms with Gasteiger partial charge in [-0.25, -0.2) is 19.4 Å². The summed E-state index contributed by atoms with van der Waals surface area (Å²) < 4.78 is 29.2. The van der Waals surface area contributed by atoms with Crippen molar-refractivity contribution in [3.63, 3.8) is 0 Å². The number of hydrogen-bond donors (Lipinski definition) is 5. The van der Waals surface area contributed by atoms with Crippen LogP contribution < -0.4 is 37.2 Å². The highest BCUT2D eigenvalue weighted by Gasteiger charge is 2.48. The van der Waals surface area contributed by atoms with E-state index in [2.05, 4.69) is 21.3 Å². The molecule has 3 aromatic carbocycles. The molecule has 0 bridgehead atoms. The fourth-order valence-electron chi connectivity index (χ4n) is 15.3. The minimum atomic E-state index is -1.86. The summed E-state index contributed by atoms with van der Waals surface area (Å²) in [6.07, 6.45) is -0.867. The van der Waals surface area contributed by atoms with E-state index in [0.717, 1.165) is 9.80 Å². The summed E-state index contributed by atoms with van der Waals surface area (Å²) in [4.78, 5) is 221. The van der Waals surface area contributed by atoms with Gasteiger partial charge in [0.2, 0.25) is 40.9 Å². The zero-order valence-electron chi connectivity index (χ0n) is 69.1. The van der Waals surface area contributed by atoms with Crippen LogP contribution in [0, 0.1) is 61.2 Å². The Morgan fingerprint density at radius 3 is 1.44 bits per heavy atom. The first-order valence-corrected chi connectivity index (χ1v) is 39.4. The van der Waals surface area contributed by atoms with Crippen molar-refractivity contribution in [2.45, 2.75) is 209 Å². The quantitative estimate of drug-likeness (QED) is 0.0238. The highest BCUT2D eigenvalue weighted by atomic mass is 35.5. The molecule has 3 aliphatic heterocycles. The lowest BCUT2D eigenvalue weighted by Crippen LogP contribution is -2.59. The monoisotopic (exact) mass is 1610 g/mol. The standard InChI is InChI=1S/C64H88N10O16.C20H21ClO4/c1-27(2)44-53(78)35-19-17-21-37(35)61(84)71(13)25-40(75)73(15)50(29(5)6)63(86)88-33(11)46(59(82)67-44)69-57(80)39-24-23-31(9)55-48(39)66-49-42(43(65)52(77)32(10)56(49)90-55)58(81)70-47-34(12)89-64(87)51(30(7)8)74(16)41(76)26-72(14)62(85)38-22-18-20-36(38)54(79)45(28(3)4)68-60(47)83;1-13(2)24-19(23)20(3,4)25-17-11-7-15(8-12-17)18(22)14-5-9-16(21)10-6-14/h23-24,27-30,33-38,44-47,50-51H,17-22,25-26,65H2,1-16H3,(H,67,82)(H,68,83)(H,69,80)(H,70,81);5-13H,1-4H3. The number of nitrogens with two attached hydrogens (primary N) is 1. The van der Waals surface area contributed by atoms with Gasteiger partial charge >= 0.3 is 17.9 Å². The number of halogens is 1. The highest BCUT2D eigenvalue weighted by Crippen LogP contribution is 2.39. The Bertz CT molecular complexity index is 4610. The number of amides is 8. The summed E-state index contributed by atoms with van der Waals surface area (Å²) >= 11 is 5.84. The Labute approximate surface area is 674 Å². The third kappa shape index (κ3) is 20.2. The molecule has 12 unspecified atom stereocenters. The number of ketones is 3. The van der Waals surface area contributed by atoms with Gasteiger partial charge in [0.25, 0.3) is 11.8 Å². The zero-order valence-corrected chi connectivity index (χ0v) is 69.9. The summed E-state index contributed by atoms with van der Waals surface area (Å²) in [5.74, 6) is -15.0. The number of rotatable bonds is 14. The average molecular weight is 1610 g/mol. The number of anilines is 1. The van der Waals surface area contributed by atoms with Crippen LogP contribution in [0.25, 0.3) is 22.6 Å². The number of likely N-dealkylation sites (N-methyl/N-ethyl adjacent to an activating group) is 4. The number of fused-ring (bicyclic) bond motifs is 4. The summed E-state index contributed by atoms with van der Waals surface area (Å²) in [7, 11) is 5.66. The molecular weight excluding hydrogens is 1500 g/mol. The van der Waals surface area contributed by atoms with Gasteiger partial charge < -0.3 is 70.0 Å². The minimum absolute atomic E-state index is 0.0668. The molecule has 115 heavy (non-hydrogen) atoms. The molecule has 0 radical (unpaired) electrons. The van der Waals surface area contributed by atoms with Crippen LogP contribution in [0.15, 0.2) is 69.9 Å². The topological polar surface area (TPSA) is 406 Å². The molecule has 2 saturated carbocycles. The van der Waals surface area contributed by atoms with Gasteiger partial charge in [-0.05, 0) is 165 Å². The lowest BCUT2D eigenvalue weighted by Gasteiger charge is -2.35. The summed E-state index contributed by atoms with van der Waals surface area (Å²) in [5, 5.41) is 11.4. The minimum Gasteiger partial charge on any atom is -0.476 e. The van der Waals surface area contributed by atoms with Crippen LogP contribution in [-0.4, -0.2) is 209 Å². The van der Waals surface area contributed by atoms with Crippen molar-refractivity contribution in [3.8, 4) is 17.2 Å². The number of carbonyl (C=O) groups excluding carboxylic acids is 14. The molecule has 6 aliphatic rings. The average Bonchev–Trinajstić information content (AvgIpc) is 1.72. The van der Waals surface area contributed by atoms with E-state index >= 15 is 9.59 Å². The van der Waals surface area contributed by atoms with Crippen molar-refractivity contribution in [1.82, 2.24) is 45.9 Å². The molecular formula is C84H109ClN10O20. The normalized spacial score (nSPS) is 24.2. The molecule has 4 fully saturated rings. The number of nitrogens with one attached hydrogen (secondary N) is 4. The second-order valence-corrected chi connectivity index (χ2v) is 33.1. The number of benzene rings is 4. The number of cyclic esters (lactones) is 2. The zero-order chi connectivity index (χ0) is 85.6. The van der Waals surface area contributed by atoms with E-state index in [1.54, 1.807) is 139 Å². The lowest BCUT2D eigenvalue weighted by molar-refractivity contribution is -0.163. The highest BCUT2D eigenvalue weighted by molar-refractivity contribution is 6.30. The molecule has 0 spiro atoms. The van der Waals surface area contributed by atoms with E-state index in [-0.39, 0.29) is 45.6 Å². The third-order valence-corrected chi connectivity index (χ3v) is 22.0. The van der Waals surface area contributed by atoms with Crippen molar-refractivity contribution >= 4 is 111 Å². The number of esters is 3. The maximum Gasteiger partial charge on any atom is 0.350 e. The lowest BCUT2D eigenvalue weighted by atomic mass is 9.83. The number of aryl methyl sites for hydroxylation is 1. The predicted molar refractivity (Wildman–Crippen MR) is 425 cm³/mol. The molecule has 30 nitrogen and oxygen atoms in total. The van der Waals surface area contributed by atoms with Crippen LogP contribution in [0.3, 0.4) is 0 Å². The van der Waals surface area contributed by atoms with Gasteiger partial charge in [-0.2, -0.15) is 0 Å². The molecule has 3 aliphatic carbocycles. The summed E-state index contributed by atoms with van der Waals surface area (Å²) in [6, 6.07) is 7.64. The van der Waals surface area contributed by atoms with Crippen molar-refractivity contribution in [2.75, 3.05) is 47.0 Å². The number of Topliss-reactive ketones (excluding diaryl/α,β-unsaturated/α-hetero) is 2. The van der Waals surface area contributed by atoms with Crippen LogP contribution in [0.1, 0.15) is 183 Å². The largest absolute Gasteiger partial charge is 0.476 e. The molecule has 2 saturated heterocycles. The van der Waals surface area contributed by atoms with E-state index in [0.29, 0.717) is 66.0 Å².